The Hall–Kier alpha value is -1.87. The van der Waals surface area contributed by atoms with Gasteiger partial charge in [-0.05, 0) is 22.4 Å². The fraction of sp³-hybridized carbons (Fsp3) is 0.211. The van der Waals surface area contributed by atoms with E-state index in [0.717, 1.165) is 32.4 Å². The van der Waals surface area contributed by atoms with Gasteiger partial charge in [0.15, 0.2) is 0 Å². The average molecular weight is 357 g/mol. The predicted molar refractivity (Wildman–Crippen MR) is 94.2 cm³/mol. The van der Waals surface area contributed by atoms with Gasteiger partial charge in [-0.15, -0.1) is 0 Å². The number of fused-ring (bicyclic) bond motifs is 2. The minimum absolute atomic E-state index is 0.110. The Labute approximate surface area is 138 Å². The van der Waals surface area contributed by atoms with Crippen LogP contribution in [0.4, 0.5) is 0 Å². The smallest absolute Gasteiger partial charge is 0.314 e. The normalized spacial score (nSPS) is 12.5. The van der Waals surface area contributed by atoms with Crippen LogP contribution >= 0.6 is 15.9 Å². The van der Waals surface area contributed by atoms with Crippen molar-refractivity contribution < 1.29 is 9.53 Å². The second-order valence-electron chi connectivity index (χ2n) is 5.46. The lowest BCUT2D eigenvalue weighted by Gasteiger charge is -2.15. The highest BCUT2D eigenvalue weighted by Crippen LogP contribution is 2.41. The molecule has 0 aliphatic rings. The van der Waals surface area contributed by atoms with E-state index in [9.17, 15) is 4.79 Å². The molecule has 1 atom stereocenters. The lowest BCUT2D eigenvalue weighted by molar-refractivity contribution is -0.138. The van der Waals surface area contributed by atoms with E-state index >= 15 is 0 Å². The Morgan fingerprint density at radius 1 is 1.00 bits per heavy atom. The predicted octanol–water partition coefficient (Wildman–Crippen LogP) is 5.71. The van der Waals surface area contributed by atoms with Gasteiger partial charge in [0.25, 0.3) is 0 Å². The van der Waals surface area contributed by atoms with Gasteiger partial charge in [-0.25, -0.2) is 0 Å². The summed E-state index contributed by atoms with van der Waals surface area (Å²) in [6.45, 7) is 3.88. The molecule has 0 bridgehead atoms. The van der Waals surface area contributed by atoms with E-state index in [1.807, 2.05) is 62.4 Å². The summed E-state index contributed by atoms with van der Waals surface area (Å²) >= 11 is 3.68. The second-order valence-corrected chi connectivity index (χ2v) is 6.26. The summed E-state index contributed by atoms with van der Waals surface area (Å²) in [6.07, 6.45) is 0.769. The number of hydrogen-bond acceptors (Lipinski definition) is 2. The molecule has 0 saturated heterocycles. The quantitative estimate of drug-likeness (QED) is 0.341. The SMILES string of the molecule is CCC(C)C(=O)Oc1c2ccccc2c(Br)c2ccccc12. The number of hydrogen-bond donors (Lipinski definition) is 0. The lowest BCUT2D eigenvalue weighted by Crippen LogP contribution is -2.17. The van der Waals surface area contributed by atoms with Crippen molar-refractivity contribution in [2.45, 2.75) is 20.3 Å². The van der Waals surface area contributed by atoms with Crippen LogP contribution in [0.15, 0.2) is 53.0 Å². The third-order valence-corrected chi connectivity index (χ3v) is 4.89. The number of carbonyl (C=O) groups excluding carboxylic acids is 1. The molecule has 0 N–H and O–H groups in total. The van der Waals surface area contributed by atoms with Gasteiger partial charge < -0.3 is 4.74 Å². The van der Waals surface area contributed by atoms with Gasteiger partial charge in [0.2, 0.25) is 0 Å². The van der Waals surface area contributed by atoms with Gasteiger partial charge in [-0.2, -0.15) is 0 Å². The number of benzene rings is 3. The summed E-state index contributed by atoms with van der Waals surface area (Å²) in [6, 6.07) is 16.0. The first kappa shape index (κ1) is 15.0. The van der Waals surface area contributed by atoms with Gasteiger partial charge >= 0.3 is 5.97 Å². The summed E-state index contributed by atoms with van der Waals surface area (Å²) in [7, 11) is 0. The van der Waals surface area contributed by atoms with Gasteiger partial charge in [0.05, 0.1) is 5.92 Å². The molecule has 0 fully saturated rings. The van der Waals surface area contributed by atoms with Crippen LogP contribution in [0, 0.1) is 5.92 Å². The summed E-state index contributed by atoms with van der Waals surface area (Å²) in [5.41, 5.74) is 0. The molecule has 0 heterocycles. The Balaban J connectivity index is 2.29. The highest BCUT2D eigenvalue weighted by Gasteiger charge is 2.18. The van der Waals surface area contributed by atoms with Crippen LogP contribution in [-0.4, -0.2) is 5.97 Å². The zero-order valence-electron chi connectivity index (χ0n) is 12.6. The number of carbonyl (C=O) groups is 1. The molecule has 3 aromatic carbocycles. The summed E-state index contributed by atoms with van der Waals surface area (Å²) < 4.78 is 6.82. The van der Waals surface area contributed by atoms with Gasteiger partial charge in [0, 0.05) is 26.0 Å². The molecule has 0 aromatic heterocycles. The van der Waals surface area contributed by atoms with Crippen molar-refractivity contribution >= 4 is 43.4 Å². The minimum atomic E-state index is -0.180. The minimum Gasteiger partial charge on any atom is -0.425 e. The summed E-state index contributed by atoms with van der Waals surface area (Å²) in [4.78, 5) is 12.3. The van der Waals surface area contributed by atoms with E-state index in [2.05, 4.69) is 15.9 Å². The zero-order valence-corrected chi connectivity index (χ0v) is 14.2. The van der Waals surface area contributed by atoms with Gasteiger partial charge in [-0.1, -0.05) is 62.4 Å². The fourth-order valence-electron chi connectivity index (χ4n) is 2.51. The summed E-state index contributed by atoms with van der Waals surface area (Å²) in [5, 5.41) is 4.00. The molecule has 0 saturated carbocycles. The topological polar surface area (TPSA) is 26.3 Å². The van der Waals surface area contributed by atoms with E-state index in [0.29, 0.717) is 5.75 Å². The molecule has 0 aliphatic carbocycles. The van der Waals surface area contributed by atoms with Crippen LogP contribution in [0.3, 0.4) is 0 Å². The van der Waals surface area contributed by atoms with Crippen LogP contribution in [0.2, 0.25) is 0 Å². The third kappa shape index (κ3) is 2.50. The van der Waals surface area contributed by atoms with E-state index in [4.69, 9.17) is 4.74 Å². The number of ether oxygens (including phenoxy) is 1. The first-order valence-corrected chi connectivity index (χ1v) is 8.23. The standard InChI is InChI=1S/C19H17BrO2/c1-3-12(2)19(21)22-18-15-10-6-4-8-13(15)17(20)14-9-5-7-11-16(14)18/h4-12H,3H2,1-2H3. The molecule has 1 unspecified atom stereocenters. The average Bonchev–Trinajstić information content (AvgIpc) is 2.57. The van der Waals surface area contributed by atoms with Crippen molar-refractivity contribution in [3.8, 4) is 5.75 Å². The van der Waals surface area contributed by atoms with Crippen LogP contribution in [0.1, 0.15) is 20.3 Å². The molecule has 0 aliphatic heterocycles. The molecular formula is C19H17BrO2. The van der Waals surface area contributed by atoms with E-state index in [1.165, 1.54) is 0 Å². The summed E-state index contributed by atoms with van der Waals surface area (Å²) in [5.74, 6) is 0.362. The first-order chi connectivity index (χ1) is 10.6. The molecule has 0 amide bonds. The van der Waals surface area contributed by atoms with Crippen molar-refractivity contribution in [3.05, 3.63) is 53.0 Å². The molecule has 112 valence electrons. The zero-order chi connectivity index (χ0) is 15.7. The molecular weight excluding hydrogens is 340 g/mol. The second kappa shape index (κ2) is 6.09. The molecule has 0 spiro atoms. The van der Waals surface area contributed by atoms with E-state index < -0.39 is 0 Å². The molecule has 3 rings (SSSR count). The Morgan fingerprint density at radius 2 is 1.45 bits per heavy atom. The maximum Gasteiger partial charge on any atom is 0.314 e. The van der Waals surface area contributed by atoms with Crippen molar-refractivity contribution in [2.75, 3.05) is 0 Å². The highest BCUT2D eigenvalue weighted by atomic mass is 79.9. The Bertz CT molecular complexity index is 798. The fourth-order valence-corrected chi connectivity index (χ4v) is 3.20. The Morgan fingerprint density at radius 3 is 1.91 bits per heavy atom. The van der Waals surface area contributed by atoms with E-state index in [-0.39, 0.29) is 11.9 Å². The highest BCUT2D eigenvalue weighted by molar-refractivity contribution is 9.10. The number of esters is 1. The molecule has 22 heavy (non-hydrogen) atoms. The van der Waals surface area contributed by atoms with Crippen molar-refractivity contribution in [1.82, 2.24) is 0 Å². The van der Waals surface area contributed by atoms with Crippen molar-refractivity contribution in [1.29, 1.82) is 0 Å². The maximum absolute atomic E-state index is 12.3. The monoisotopic (exact) mass is 356 g/mol. The molecule has 3 heteroatoms. The largest absolute Gasteiger partial charge is 0.425 e. The Kier molecular flexibility index (Phi) is 4.16. The van der Waals surface area contributed by atoms with Crippen molar-refractivity contribution in [2.24, 2.45) is 5.92 Å². The van der Waals surface area contributed by atoms with Crippen LogP contribution in [0.5, 0.6) is 5.75 Å². The number of rotatable bonds is 3. The molecule has 3 aromatic rings. The number of halogens is 1. The lowest BCUT2D eigenvalue weighted by atomic mass is 10.0. The van der Waals surface area contributed by atoms with E-state index in [1.54, 1.807) is 0 Å². The third-order valence-electron chi connectivity index (χ3n) is 4.03. The van der Waals surface area contributed by atoms with Crippen molar-refractivity contribution in [3.63, 3.8) is 0 Å². The van der Waals surface area contributed by atoms with Crippen LogP contribution in [0.25, 0.3) is 21.5 Å². The van der Waals surface area contributed by atoms with Gasteiger partial charge in [-0.3, -0.25) is 4.79 Å². The van der Waals surface area contributed by atoms with Crippen LogP contribution < -0.4 is 4.74 Å². The molecule has 0 radical (unpaired) electrons. The maximum atomic E-state index is 12.3. The molecule has 2 nitrogen and oxygen atoms in total. The van der Waals surface area contributed by atoms with Crippen LogP contribution in [-0.2, 0) is 4.79 Å². The first-order valence-electron chi connectivity index (χ1n) is 7.44. The van der Waals surface area contributed by atoms with Gasteiger partial charge in [0.1, 0.15) is 5.75 Å².